The van der Waals surface area contributed by atoms with E-state index in [1.165, 1.54) is 36.7 Å². The summed E-state index contributed by atoms with van der Waals surface area (Å²) in [4.78, 5) is 20.9. The highest BCUT2D eigenvalue weighted by molar-refractivity contribution is 6.28. The highest BCUT2D eigenvalue weighted by atomic mass is 35.5. The van der Waals surface area contributed by atoms with E-state index in [2.05, 4.69) is 9.97 Å². The number of aromatic amines is 1. The van der Waals surface area contributed by atoms with Crippen LogP contribution in [0.2, 0.25) is 5.28 Å². The van der Waals surface area contributed by atoms with Crippen LogP contribution in [0.1, 0.15) is 16.8 Å². The second-order valence-electron chi connectivity index (χ2n) is 5.58. The molecule has 3 aromatic rings. The number of benzene rings is 1. The second kappa shape index (κ2) is 7.70. The Morgan fingerprint density at radius 3 is 2.39 bits per heavy atom. The average Bonchev–Trinajstić information content (AvgIpc) is 2.67. The van der Waals surface area contributed by atoms with Crippen LogP contribution in [-0.2, 0) is 12.8 Å². The zero-order valence-corrected chi connectivity index (χ0v) is 14.7. The van der Waals surface area contributed by atoms with E-state index in [1.807, 2.05) is 0 Å². The zero-order chi connectivity index (χ0) is 20.3. The molecular formula is C18H10ClF3N4O2. The van der Waals surface area contributed by atoms with Gasteiger partial charge in [0.05, 0.1) is 0 Å². The number of aromatic nitrogens is 3. The first-order valence-electron chi connectivity index (χ1n) is 7.72. The molecule has 2 heterocycles. The maximum absolute atomic E-state index is 13.3. The van der Waals surface area contributed by atoms with Crippen molar-refractivity contribution in [2.24, 2.45) is 0 Å². The quantitative estimate of drug-likeness (QED) is 0.662. The van der Waals surface area contributed by atoms with E-state index in [1.54, 1.807) is 11.1 Å². The molecule has 28 heavy (non-hydrogen) atoms. The number of pyridine rings is 1. The van der Waals surface area contributed by atoms with Crippen molar-refractivity contribution in [1.82, 2.24) is 15.0 Å². The number of ether oxygens (including phenoxy) is 1. The number of alkyl halides is 3. The van der Waals surface area contributed by atoms with E-state index in [9.17, 15) is 18.0 Å². The number of halogens is 4. The van der Waals surface area contributed by atoms with Crippen LogP contribution >= 0.6 is 11.6 Å². The van der Waals surface area contributed by atoms with Crippen molar-refractivity contribution >= 4 is 11.6 Å². The molecule has 0 aliphatic heterocycles. The molecular weight excluding hydrogens is 397 g/mol. The monoisotopic (exact) mass is 406 g/mol. The summed E-state index contributed by atoms with van der Waals surface area (Å²) in [5.41, 5.74) is -2.20. The minimum Gasteiger partial charge on any atom is -0.489 e. The third kappa shape index (κ3) is 4.29. The predicted molar refractivity (Wildman–Crippen MR) is 93.6 cm³/mol. The van der Waals surface area contributed by atoms with Gasteiger partial charge >= 0.3 is 6.18 Å². The molecule has 2 aromatic heterocycles. The zero-order valence-electron chi connectivity index (χ0n) is 13.9. The lowest BCUT2D eigenvalue weighted by atomic mass is 10.0. The summed E-state index contributed by atoms with van der Waals surface area (Å²) in [5.74, 6) is 0.400. The third-order valence-electron chi connectivity index (χ3n) is 3.69. The lowest BCUT2D eigenvalue weighted by Gasteiger charge is -2.13. The van der Waals surface area contributed by atoms with Crippen molar-refractivity contribution in [2.45, 2.75) is 12.8 Å². The van der Waals surface area contributed by atoms with Crippen molar-refractivity contribution in [1.29, 1.82) is 5.26 Å². The summed E-state index contributed by atoms with van der Waals surface area (Å²) in [7, 11) is 0. The minimum atomic E-state index is -4.79. The normalized spacial score (nSPS) is 11.1. The molecule has 1 N–H and O–H groups in total. The van der Waals surface area contributed by atoms with Crippen molar-refractivity contribution < 1.29 is 17.9 Å². The fourth-order valence-electron chi connectivity index (χ4n) is 2.38. The first-order chi connectivity index (χ1) is 13.3. The van der Waals surface area contributed by atoms with Crippen LogP contribution in [0.5, 0.6) is 5.75 Å². The maximum Gasteiger partial charge on any atom is 0.431 e. The molecule has 0 unspecified atom stereocenters. The molecule has 0 atom stereocenters. The van der Waals surface area contributed by atoms with Crippen LogP contribution in [0.3, 0.4) is 0 Å². The first kappa shape index (κ1) is 19.4. The molecule has 0 aliphatic rings. The third-order valence-corrected chi connectivity index (χ3v) is 3.88. The molecule has 1 aromatic carbocycles. The lowest BCUT2D eigenvalue weighted by molar-refractivity contribution is -0.140. The SMILES string of the molecule is N#Cc1cc(-c2ccc(OCc3cnc(Cl)nc3)cc2)c(C(F)(F)F)[nH]c1=O. The Balaban J connectivity index is 1.88. The summed E-state index contributed by atoms with van der Waals surface area (Å²) in [6.07, 6.45) is -1.81. The number of rotatable bonds is 4. The number of H-pyrrole nitrogens is 1. The smallest absolute Gasteiger partial charge is 0.431 e. The Morgan fingerprint density at radius 2 is 1.82 bits per heavy atom. The summed E-state index contributed by atoms with van der Waals surface area (Å²) >= 11 is 5.60. The number of hydrogen-bond acceptors (Lipinski definition) is 5. The summed E-state index contributed by atoms with van der Waals surface area (Å²) < 4.78 is 45.3. The number of nitrogens with one attached hydrogen (secondary N) is 1. The Kier molecular flexibility index (Phi) is 5.33. The standard InChI is InChI=1S/C18H10ClF3N4O2/c19-17-24-7-10(8-25-17)9-28-13-3-1-11(2-4-13)14-5-12(6-23)16(27)26-15(14)18(20,21)22/h1-5,7-8H,9H2,(H,26,27). The van der Waals surface area contributed by atoms with Gasteiger partial charge in [0.15, 0.2) is 0 Å². The largest absolute Gasteiger partial charge is 0.489 e. The van der Waals surface area contributed by atoms with Gasteiger partial charge in [0.2, 0.25) is 5.28 Å². The Morgan fingerprint density at radius 1 is 1.18 bits per heavy atom. The molecule has 6 nitrogen and oxygen atoms in total. The topological polar surface area (TPSA) is 91.7 Å². The summed E-state index contributed by atoms with van der Waals surface area (Å²) in [5, 5.41) is 9.04. The fourth-order valence-corrected chi connectivity index (χ4v) is 2.47. The van der Waals surface area contributed by atoms with Gasteiger partial charge < -0.3 is 9.72 Å². The van der Waals surface area contributed by atoms with Crippen molar-refractivity contribution in [3.05, 3.63) is 75.2 Å². The Hall–Kier alpha value is -3.38. The summed E-state index contributed by atoms with van der Waals surface area (Å²) in [6.45, 7) is 0.140. The molecule has 0 saturated heterocycles. The maximum atomic E-state index is 13.3. The second-order valence-corrected chi connectivity index (χ2v) is 5.92. The fraction of sp³-hybridized carbons (Fsp3) is 0.111. The number of nitrogens with zero attached hydrogens (tertiary/aromatic N) is 3. The Bertz CT molecular complexity index is 1090. The van der Waals surface area contributed by atoms with Gasteiger partial charge in [-0.15, -0.1) is 0 Å². The first-order valence-corrected chi connectivity index (χ1v) is 8.10. The van der Waals surface area contributed by atoms with E-state index in [4.69, 9.17) is 21.6 Å². The van der Waals surface area contributed by atoms with Gasteiger partial charge in [-0.25, -0.2) is 9.97 Å². The average molecular weight is 407 g/mol. The van der Waals surface area contributed by atoms with Crippen LogP contribution in [0.25, 0.3) is 11.1 Å². The van der Waals surface area contributed by atoms with E-state index in [0.29, 0.717) is 11.3 Å². The van der Waals surface area contributed by atoms with Crippen LogP contribution < -0.4 is 10.3 Å². The van der Waals surface area contributed by atoms with E-state index < -0.39 is 23.0 Å². The van der Waals surface area contributed by atoms with Crippen LogP contribution in [0.15, 0.2) is 47.5 Å². The molecule has 10 heteroatoms. The van der Waals surface area contributed by atoms with Gasteiger partial charge in [0.25, 0.3) is 5.56 Å². The number of nitriles is 1. The molecule has 0 radical (unpaired) electrons. The molecule has 0 spiro atoms. The highest BCUT2D eigenvalue weighted by Gasteiger charge is 2.35. The van der Waals surface area contributed by atoms with Crippen LogP contribution in [0, 0.1) is 11.3 Å². The van der Waals surface area contributed by atoms with Gasteiger partial charge in [-0.2, -0.15) is 18.4 Å². The molecule has 0 bridgehead atoms. The van der Waals surface area contributed by atoms with Gasteiger partial charge in [0, 0.05) is 23.5 Å². The predicted octanol–water partition coefficient (Wildman–Crippen LogP) is 3.95. The van der Waals surface area contributed by atoms with Crippen molar-refractivity contribution in [2.75, 3.05) is 0 Å². The van der Waals surface area contributed by atoms with Gasteiger partial charge in [-0.1, -0.05) is 12.1 Å². The minimum absolute atomic E-state index is 0.103. The summed E-state index contributed by atoms with van der Waals surface area (Å²) in [6, 6.07) is 8.25. The molecule has 0 amide bonds. The van der Waals surface area contributed by atoms with Crippen LogP contribution in [0.4, 0.5) is 13.2 Å². The molecule has 142 valence electrons. The van der Waals surface area contributed by atoms with Gasteiger partial charge in [0.1, 0.15) is 29.7 Å². The van der Waals surface area contributed by atoms with E-state index >= 15 is 0 Å². The molecule has 3 rings (SSSR count). The van der Waals surface area contributed by atoms with Gasteiger partial charge in [-0.3, -0.25) is 4.79 Å². The van der Waals surface area contributed by atoms with Crippen molar-refractivity contribution in [3.8, 4) is 22.9 Å². The van der Waals surface area contributed by atoms with Crippen LogP contribution in [-0.4, -0.2) is 15.0 Å². The Labute approximate surface area is 161 Å². The van der Waals surface area contributed by atoms with Gasteiger partial charge in [-0.05, 0) is 35.4 Å². The molecule has 0 aliphatic carbocycles. The molecule has 0 fully saturated rings. The lowest BCUT2D eigenvalue weighted by Crippen LogP contribution is -2.20. The molecule has 0 saturated carbocycles. The van der Waals surface area contributed by atoms with E-state index in [0.717, 1.165) is 6.07 Å². The van der Waals surface area contributed by atoms with E-state index in [-0.39, 0.29) is 23.0 Å². The highest BCUT2D eigenvalue weighted by Crippen LogP contribution is 2.35. The van der Waals surface area contributed by atoms with Crippen molar-refractivity contribution in [3.63, 3.8) is 0 Å². The number of hydrogen-bond donors (Lipinski definition) is 1.